The number of oxime groups is 1. The summed E-state index contributed by atoms with van der Waals surface area (Å²) in [4.78, 5) is 11.9. The largest absolute Gasteiger partial charge is 0.495 e. The van der Waals surface area contributed by atoms with Gasteiger partial charge < -0.3 is 21.0 Å². The van der Waals surface area contributed by atoms with E-state index in [0.717, 1.165) is 12.8 Å². The van der Waals surface area contributed by atoms with E-state index in [9.17, 15) is 4.79 Å². The number of carbonyl (C=O) groups is 1. The van der Waals surface area contributed by atoms with Crippen molar-refractivity contribution < 1.29 is 14.7 Å². The smallest absolute Gasteiger partial charge is 0.224 e. The van der Waals surface area contributed by atoms with E-state index < -0.39 is 0 Å². The molecule has 2 rings (SSSR count). The van der Waals surface area contributed by atoms with E-state index >= 15 is 0 Å². The SMILES string of the molecule is COc1cc(/C(N)=N/O)ccc1NC(=O)CC1CCC1. The highest BCUT2D eigenvalue weighted by atomic mass is 16.5. The second kappa shape index (κ2) is 6.27. The van der Waals surface area contributed by atoms with Gasteiger partial charge >= 0.3 is 0 Å². The first-order valence-electron chi connectivity index (χ1n) is 6.60. The van der Waals surface area contributed by atoms with Gasteiger partial charge in [-0.3, -0.25) is 4.79 Å². The summed E-state index contributed by atoms with van der Waals surface area (Å²) in [6, 6.07) is 4.97. The van der Waals surface area contributed by atoms with Crippen LogP contribution in [0.2, 0.25) is 0 Å². The van der Waals surface area contributed by atoms with E-state index in [2.05, 4.69) is 10.5 Å². The summed E-state index contributed by atoms with van der Waals surface area (Å²) in [5, 5.41) is 14.4. The molecule has 1 aromatic carbocycles. The molecule has 108 valence electrons. The lowest BCUT2D eigenvalue weighted by Gasteiger charge is -2.24. The molecule has 0 atom stereocenters. The highest BCUT2D eigenvalue weighted by molar-refractivity contribution is 5.99. The lowest BCUT2D eigenvalue weighted by atomic mass is 9.83. The van der Waals surface area contributed by atoms with Crippen molar-refractivity contribution in [2.75, 3.05) is 12.4 Å². The Bertz CT molecular complexity index is 524. The average molecular weight is 277 g/mol. The summed E-state index contributed by atoms with van der Waals surface area (Å²) < 4.78 is 5.22. The molecule has 0 aliphatic heterocycles. The highest BCUT2D eigenvalue weighted by Crippen LogP contribution is 2.31. The molecular formula is C14H19N3O3. The summed E-state index contributed by atoms with van der Waals surface area (Å²) in [6.45, 7) is 0. The third kappa shape index (κ3) is 3.20. The molecule has 1 aliphatic carbocycles. The molecule has 0 unspecified atom stereocenters. The summed E-state index contributed by atoms with van der Waals surface area (Å²) in [5.41, 5.74) is 6.64. The van der Waals surface area contributed by atoms with Gasteiger partial charge in [-0.25, -0.2) is 0 Å². The van der Waals surface area contributed by atoms with E-state index in [1.807, 2.05) is 0 Å². The van der Waals surface area contributed by atoms with Crippen molar-refractivity contribution in [3.05, 3.63) is 23.8 Å². The van der Waals surface area contributed by atoms with Crippen LogP contribution in [0, 0.1) is 5.92 Å². The Labute approximate surface area is 117 Å². The molecule has 0 bridgehead atoms. The number of nitrogens with zero attached hydrogens (tertiary/aromatic N) is 1. The van der Waals surface area contributed by atoms with E-state index in [0.29, 0.717) is 29.3 Å². The van der Waals surface area contributed by atoms with Gasteiger partial charge in [-0.1, -0.05) is 11.6 Å². The van der Waals surface area contributed by atoms with E-state index in [1.54, 1.807) is 18.2 Å². The van der Waals surface area contributed by atoms with Crippen LogP contribution in [0.25, 0.3) is 0 Å². The minimum Gasteiger partial charge on any atom is -0.495 e. The number of methoxy groups -OCH3 is 1. The Balaban J connectivity index is 2.08. The van der Waals surface area contributed by atoms with Crippen LogP contribution in [0.15, 0.2) is 23.4 Å². The molecule has 0 radical (unpaired) electrons. The van der Waals surface area contributed by atoms with Crippen LogP contribution in [-0.2, 0) is 4.79 Å². The molecule has 0 saturated heterocycles. The average Bonchev–Trinajstić information content (AvgIpc) is 2.42. The van der Waals surface area contributed by atoms with Crippen LogP contribution in [0.4, 0.5) is 5.69 Å². The fourth-order valence-electron chi connectivity index (χ4n) is 2.17. The van der Waals surface area contributed by atoms with Crippen molar-refractivity contribution in [3.63, 3.8) is 0 Å². The van der Waals surface area contributed by atoms with Gasteiger partial charge in [0.05, 0.1) is 12.8 Å². The Morgan fingerprint density at radius 2 is 2.30 bits per heavy atom. The van der Waals surface area contributed by atoms with Crippen LogP contribution in [0.1, 0.15) is 31.2 Å². The predicted octanol–water partition coefficient (Wildman–Crippen LogP) is 1.92. The number of rotatable bonds is 5. The number of benzene rings is 1. The lowest BCUT2D eigenvalue weighted by molar-refractivity contribution is -0.117. The number of amidine groups is 1. The number of carbonyl (C=O) groups excluding carboxylic acids is 1. The van der Waals surface area contributed by atoms with Crippen LogP contribution >= 0.6 is 0 Å². The summed E-state index contributed by atoms with van der Waals surface area (Å²) in [7, 11) is 1.51. The van der Waals surface area contributed by atoms with Gasteiger partial charge in [0.2, 0.25) is 5.91 Å². The van der Waals surface area contributed by atoms with Crippen LogP contribution in [0.5, 0.6) is 5.75 Å². The molecule has 6 nitrogen and oxygen atoms in total. The first kappa shape index (κ1) is 14.2. The summed E-state index contributed by atoms with van der Waals surface area (Å²) in [5.74, 6) is 0.980. The zero-order chi connectivity index (χ0) is 14.5. The molecule has 20 heavy (non-hydrogen) atoms. The van der Waals surface area contributed by atoms with Crippen molar-refractivity contribution in [2.24, 2.45) is 16.8 Å². The minimum atomic E-state index is -0.00968. The molecule has 1 saturated carbocycles. The molecule has 1 aromatic rings. The first-order valence-corrected chi connectivity index (χ1v) is 6.60. The van der Waals surface area contributed by atoms with Crippen LogP contribution in [-0.4, -0.2) is 24.1 Å². The molecule has 0 spiro atoms. The topological polar surface area (TPSA) is 96.9 Å². The van der Waals surface area contributed by atoms with Gasteiger partial charge in [0, 0.05) is 12.0 Å². The van der Waals surface area contributed by atoms with Gasteiger partial charge in [0.15, 0.2) is 5.84 Å². The van der Waals surface area contributed by atoms with Crippen molar-refractivity contribution in [1.29, 1.82) is 0 Å². The predicted molar refractivity (Wildman–Crippen MR) is 76.1 cm³/mol. The number of nitrogens with two attached hydrogens (primary N) is 1. The van der Waals surface area contributed by atoms with E-state index in [4.69, 9.17) is 15.7 Å². The monoisotopic (exact) mass is 277 g/mol. The van der Waals surface area contributed by atoms with Gasteiger partial charge in [0.1, 0.15) is 5.75 Å². The van der Waals surface area contributed by atoms with E-state index in [1.165, 1.54) is 13.5 Å². The second-order valence-corrected chi connectivity index (χ2v) is 4.95. The van der Waals surface area contributed by atoms with Crippen LogP contribution < -0.4 is 15.8 Å². The normalized spacial score (nSPS) is 15.6. The number of anilines is 1. The Morgan fingerprint density at radius 1 is 1.55 bits per heavy atom. The zero-order valence-corrected chi connectivity index (χ0v) is 11.4. The van der Waals surface area contributed by atoms with E-state index in [-0.39, 0.29) is 11.7 Å². The number of amides is 1. The molecule has 0 aromatic heterocycles. The third-order valence-electron chi connectivity index (χ3n) is 3.58. The van der Waals surface area contributed by atoms with Gasteiger partial charge in [-0.05, 0) is 37.0 Å². The summed E-state index contributed by atoms with van der Waals surface area (Å²) in [6.07, 6.45) is 4.03. The third-order valence-corrected chi connectivity index (χ3v) is 3.58. The lowest BCUT2D eigenvalue weighted by Crippen LogP contribution is -2.21. The molecule has 1 aliphatic rings. The standard InChI is InChI=1S/C14H19N3O3/c1-20-12-8-10(14(15)17-19)5-6-11(12)16-13(18)7-9-3-2-4-9/h5-6,8-9,19H,2-4,7H2,1H3,(H2,15,17)(H,16,18). The fourth-order valence-corrected chi connectivity index (χ4v) is 2.17. The number of hydrogen-bond donors (Lipinski definition) is 3. The van der Waals surface area contributed by atoms with Crippen molar-refractivity contribution in [3.8, 4) is 5.75 Å². The zero-order valence-electron chi connectivity index (χ0n) is 11.4. The fraction of sp³-hybridized carbons (Fsp3) is 0.429. The van der Waals surface area contributed by atoms with Crippen molar-refractivity contribution in [2.45, 2.75) is 25.7 Å². The van der Waals surface area contributed by atoms with Crippen molar-refractivity contribution >= 4 is 17.4 Å². The minimum absolute atomic E-state index is 0.00403. The molecule has 6 heteroatoms. The summed E-state index contributed by atoms with van der Waals surface area (Å²) >= 11 is 0. The number of hydrogen-bond acceptors (Lipinski definition) is 4. The highest BCUT2D eigenvalue weighted by Gasteiger charge is 2.21. The first-order chi connectivity index (χ1) is 9.63. The molecule has 0 heterocycles. The Kier molecular flexibility index (Phi) is 4.45. The number of ether oxygens (including phenoxy) is 1. The number of nitrogens with one attached hydrogen (secondary N) is 1. The van der Waals surface area contributed by atoms with Gasteiger partial charge in [-0.2, -0.15) is 0 Å². The second-order valence-electron chi connectivity index (χ2n) is 4.95. The molecule has 4 N–H and O–H groups in total. The maximum absolute atomic E-state index is 11.9. The molecular weight excluding hydrogens is 258 g/mol. The Hall–Kier alpha value is -2.24. The quantitative estimate of drug-likeness (QED) is 0.331. The Morgan fingerprint density at radius 3 is 2.85 bits per heavy atom. The molecule has 1 amide bonds. The van der Waals surface area contributed by atoms with Gasteiger partial charge in [-0.15, -0.1) is 0 Å². The van der Waals surface area contributed by atoms with Crippen LogP contribution in [0.3, 0.4) is 0 Å². The molecule has 1 fully saturated rings. The maximum Gasteiger partial charge on any atom is 0.224 e. The van der Waals surface area contributed by atoms with Gasteiger partial charge in [0.25, 0.3) is 0 Å². The maximum atomic E-state index is 11.9. The van der Waals surface area contributed by atoms with Crippen molar-refractivity contribution in [1.82, 2.24) is 0 Å².